The molecule has 0 amide bonds. The minimum Gasteiger partial charge on any atom is -0.481 e. The highest BCUT2D eigenvalue weighted by Gasteiger charge is 2.30. The van der Waals surface area contributed by atoms with Crippen molar-refractivity contribution in [1.82, 2.24) is 4.98 Å². The Bertz CT molecular complexity index is 852. The third kappa shape index (κ3) is 3.33. The molecule has 0 bridgehead atoms. The minimum absolute atomic E-state index is 0.0865. The average molecular weight is 353 g/mol. The number of rotatable bonds is 4. The topological polar surface area (TPSA) is 63.3 Å². The van der Waals surface area contributed by atoms with E-state index in [-0.39, 0.29) is 18.0 Å². The van der Waals surface area contributed by atoms with Gasteiger partial charge >= 0.3 is 12.1 Å². The Balaban J connectivity index is 2.01. The number of aliphatic carboxylic acids is 1. The monoisotopic (exact) mass is 353 g/mol. The molecule has 124 valence electrons. The normalized spacial score (nSPS) is 11.6. The maximum Gasteiger partial charge on any atom is 0.416 e. The molecule has 1 aromatic carbocycles. The summed E-state index contributed by atoms with van der Waals surface area (Å²) in [5.74, 6) is -0.661. The van der Waals surface area contributed by atoms with Crippen molar-refractivity contribution in [2.45, 2.75) is 12.6 Å². The molecule has 0 saturated carbocycles. The van der Waals surface area contributed by atoms with Crippen LogP contribution in [0.15, 0.2) is 46.2 Å². The summed E-state index contributed by atoms with van der Waals surface area (Å²) >= 11 is 1.36. The maximum absolute atomic E-state index is 12.6. The Morgan fingerprint density at radius 2 is 1.92 bits per heavy atom. The number of hydrogen-bond donors (Lipinski definition) is 1. The summed E-state index contributed by atoms with van der Waals surface area (Å²) in [5.41, 5.74) is -0.195. The zero-order valence-corrected chi connectivity index (χ0v) is 12.8. The molecule has 2 aromatic heterocycles. The third-order valence-corrected chi connectivity index (χ3v) is 4.09. The fraction of sp³-hybridized carbons (Fsp3) is 0.125. The molecule has 3 aromatic rings. The van der Waals surface area contributed by atoms with E-state index in [4.69, 9.17) is 9.52 Å². The second-order valence-corrected chi connectivity index (χ2v) is 5.87. The van der Waals surface area contributed by atoms with Gasteiger partial charge in [0.05, 0.1) is 22.6 Å². The summed E-state index contributed by atoms with van der Waals surface area (Å²) in [4.78, 5) is 15.8. The molecule has 0 aliphatic carbocycles. The highest BCUT2D eigenvalue weighted by molar-refractivity contribution is 7.13. The van der Waals surface area contributed by atoms with Crippen LogP contribution in [0.4, 0.5) is 13.2 Å². The van der Waals surface area contributed by atoms with E-state index < -0.39 is 17.7 Å². The molecule has 24 heavy (non-hydrogen) atoms. The van der Waals surface area contributed by atoms with Gasteiger partial charge in [-0.25, -0.2) is 4.98 Å². The van der Waals surface area contributed by atoms with Crippen LogP contribution in [-0.2, 0) is 17.4 Å². The van der Waals surface area contributed by atoms with Gasteiger partial charge in [0.1, 0.15) is 0 Å². The Kier molecular flexibility index (Phi) is 4.15. The Morgan fingerprint density at radius 1 is 1.21 bits per heavy atom. The summed E-state index contributed by atoms with van der Waals surface area (Å²) in [6, 6.07) is 7.90. The quantitative estimate of drug-likeness (QED) is 0.737. The Labute approximate surface area is 138 Å². The van der Waals surface area contributed by atoms with E-state index in [0.29, 0.717) is 16.2 Å². The van der Waals surface area contributed by atoms with Crippen molar-refractivity contribution in [3.05, 3.63) is 53.0 Å². The third-order valence-electron chi connectivity index (χ3n) is 3.22. The van der Waals surface area contributed by atoms with Crippen molar-refractivity contribution in [1.29, 1.82) is 0 Å². The standard InChI is InChI=1S/C16H10F3NO3S/c17-16(18,19)10-5-3-9(4-6-10)15-20-11(8-13(21)22)14(23-15)12-2-1-7-24-12/h1-7H,8H2,(H,21,22). The summed E-state index contributed by atoms with van der Waals surface area (Å²) in [7, 11) is 0. The van der Waals surface area contributed by atoms with E-state index in [2.05, 4.69) is 4.98 Å². The molecule has 0 saturated heterocycles. The van der Waals surface area contributed by atoms with Gasteiger partial charge in [-0.15, -0.1) is 11.3 Å². The largest absolute Gasteiger partial charge is 0.481 e. The van der Waals surface area contributed by atoms with E-state index in [1.807, 2.05) is 0 Å². The average Bonchev–Trinajstić information content (AvgIpc) is 3.15. The molecule has 1 N–H and O–H groups in total. The van der Waals surface area contributed by atoms with Gasteiger partial charge < -0.3 is 9.52 Å². The van der Waals surface area contributed by atoms with Crippen LogP contribution in [0.25, 0.3) is 22.1 Å². The van der Waals surface area contributed by atoms with Crippen molar-refractivity contribution in [2.24, 2.45) is 0 Å². The number of oxazole rings is 1. The van der Waals surface area contributed by atoms with Crippen LogP contribution in [0.3, 0.4) is 0 Å². The predicted molar refractivity (Wildman–Crippen MR) is 81.6 cm³/mol. The van der Waals surface area contributed by atoms with Crippen molar-refractivity contribution in [3.63, 3.8) is 0 Å². The number of carboxylic acids is 1. The number of nitrogens with zero attached hydrogens (tertiary/aromatic N) is 1. The Hall–Kier alpha value is -2.61. The van der Waals surface area contributed by atoms with Gasteiger partial charge in [0.2, 0.25) is 5.89 Å². The molecular formula is C16H10F3NO3S. The summed E-state index contributed by atoms with van der Waals surface area (Å²) < 4.78 is 43.5. The maximum atomic E-state index is 12.6. The first-order chi connectivity index (χ1) is 11.3. The zero-order valence-electron chi connectivity index (χ0n) is 12.0. The number of carboxylic acid groups (broad SMARTS) is 1. The van der Waals surface area contributed by atoms with Crippen LogP contribution in [-0.4, -0.2) is 16.1 Å². The number of carbonyl (C=O) groups is 1. The van der Waals surface area contributed by atoms with Crippen molar-refractivity contribution < 1.29 is 27.5 Å². The van der Waals surface area contributed by atoms with Crippen LogP contribution >= 0.6 is 11.3 Å². The second kappa shape index (κ2) is 6.12. The molecule has 0 aliphatic rings. The lowest BCUT2D eigenvalue weighted by atomic mass is 10.1. The van der Waals surface area contributed by atoms with Crippen molar-refractivity contribution >= 4 is 17.3 Å². The molecular weight excluding hydrogens is 343 g/mol. The number of thiophene rings is 1. The van der Waals surface area contributed by atoms with Gasteiger partial charge in [-0.3, -0.25) is 4.79 Å². The zero-order chi connectivity index (χ0) is 17.3. The molecule has 0 radical (unpaired) electrons. The van der Waals surface area contributed by atoms with Crippen LogP contribution in [0.5, 0.6) is 0 Å². The Morgan fingerprint density at radius 3 is 2.46 bits per heavy atom. The van der Waals surface area contributed by atoms with Crippen LogP contribution in [0.1, 0.15) is 11.3 Å². The lowest BCUT2D eigenvalue weighted by Gasteiger charge is -2.06. The lowest BCUT2D eigenvalue weighted by molar-refractivity contribution is -0.138. The van der Waals surface area contributed by atoms with Gasteiger partial charge in [-0.05, 0) is 35.7 Å². The van der Waals surface area contributed by atoms with Gasteiger partial charge in [-0.1, -0.05) is 6.07 Å². The molecule has 0 spiro atoms. The van der Waals surface area contributed by atoms with E-state index in [1.54, 1.807) is 17.5 Å². The highest BCUT2D eigenvalue weighted by Crippen LogP contribution is 2.34. The lowest BCUT2D eigenvalue weighted by Crippen LogP contribution is -2.04. The molecule has 0 fully saturated rings. The first kappa shape index (κ1) is 16.3. The summed E-state index contributed by atoms with van der Waals surface area (Å²) in [6.07, 6.45) is -4.76. The van der Waals surface area contributed by atoms with E-state index in [0.717, 1.165) is 12.1 Å². The van der Waals surface area contributed by atoms with Crippen molar-refractivity contribution in [2.75, 3.05) is 0 Å². The van der Waals surface area contributed by atoms with E-state index in [1.165, 1.54) is 23.5 Å². The second-order valence-electron chi connectivity index (χ2n) is 4.92. The smallest absolute Gasteiger partial charge is 0.416 e. The fourth-order valence-corrected chi connectivity index (χ4v) is 2.87. The number of halogens is 3. The molecule has 0 unspecified atom stereocenters. The van der Waals surface area contributed by atoms with Crippen LogP contribution in [0.2, 0.25) is 0 Å². The SMILES string of the molecule is O=C(O)Cc1nc(-c2ccc(C(F)(F)F)cc2)oc1-c1cccs1. The number of benzene rings is 1. The van der Waals surface area contributed by atoms with Crippen molar-refractivity contribution in [3.8, 4) is 22.1 Å². The van der Waals surface area contributed by atoms with E-state index >= 15 is 0 Å². The molecule has 4 nitrogen and oxygen atoms in total. The fourth-order valence-electron chi connectivity index (χ4n) is 2.14. The first-order valence-corrected chi connectivity index (χ1v) is 7.65. The highest BCUT2D eigenvalue weighted by atomic mass is 32.1. The minimum atomic E-state index is -4.42. The number of aromatic nitrogens is 1. The van der Waals surface area contributed by atoms with Gasteiger partial charge in [0.15, 0.2) is 5.76 Å². The van der Waals surface area contributed by atoms with Gasteiger partial charge in [-0.2, -0.15) is 13.2 Å². The molecule has 8 heteroatoms. The number of alkyl halides is 3. The number of hydrogen-bond acceptors (Lipinski definition) is 4. The summed E-state index contributed by atoms with van der Waals surface area (Å²) in [5, 5.41) is 10.8. The molecule has 0 atom stereocenters. The van der Waals surface area contributed by atoms with Crippen LogP contribution in [0, 0.1) is 0 Å². The predicted octanol–water partition coefficient (Wildman–Crippen LogP) is 4.72. The molecule has 0 aliphatic heterocycles. The molecule has 2 heterocycles. The molecule has 3 rings (SSSR count). The van der Waals surface area contributed by atoms with E-state index in [9.17, 15) is 18.0 Å². The van der Waals surface area contributed by atoms with Gasteiger partial charge in [0.25, 0.3) is 0 Å². The van der Waals surface area contributed by atoms with Crippen LogP contribution < -0.4 is 0 Å². The summed E-state index contributed by atoms with van der Waals surface area (Å²) in [6.45, 7) is 0. The first-order valence-electron chi connectivity index (χ1n) is 6.77. The van der Waals surface area contributed by atoms with Gasteiger partial charge in [0, 0.05) is 5.56 Å².